The second-order valence-electron chi connectivity index (χ2n) is 6.10. The molecule has 0 aliphatic rings. The van der Waals surface area contributed by atoms with Crippen molar-refractivity contribution in [3.63, 3.8) is 0 Å². The number of anilines is 1. The molecule has 0 saturated carbocycles. The number of rotatable bonds is 7. The van der Waals surface area contributed by atoms with E-state index in [-0.39, 0.29) is 11.7 Å². The van der Waals surface area contributed by atoms with E-state index in [0.29, 0.717) is 15.3 Å². The van der Waals surface area contributed by atoms with Crippen molar-refractivity contribution in [2.24, 2.45) is 7.05 Å². The standard InChI is InChI=1S/C19H16ClN5OS3/c1-25-16(9-14-3-2-8-27-14)23-24-19(25)29-11-17(26)22-18-21-15(10-28-18)12-4-6-13(20)7-5-12/h2-8,10H,9,11H2,1H3,(H,21,22,26). The molecule has 0 unspecified atom stereocenters. The average molecular weight is 462 g/mol. The molecule has 29 heavy (non-hydrogen) atoms. The van der Waals surface area contributed by atoms with Crippen LogP contribution in [-0.2, 0) is 18.3 Å². The quantitative estimate of drug-likeness (QED) is 0.393. The Kier molecular flexibility index (Phi) is 6.29. The van der Waals surface area contributed by atoms with E-state index in [0.717, 1.165) is 23.5 Å². The maximum absolute atomic E-state index is 12.3. The molecule has 0 atom stereocenters. The third-order valence-electron chi connectivity index (χ3n) is 4.06. The van der Waals surface area contributed by atoms with Gasteiger partial charge in [-0.1, -0.05) is 41.6 Å². The number of halogens is 1. The summed E-state index contributed by atoms with van der Waals surface area (Å²) in [7, 11) is 1.92. The summed E-state index contributed by atoms with van der Waals surface area (Å²) in [4.78, 5) is 18.0. The van der Waals surface area contributed by atoms with Crippen LogP contribution in [0, 0.1) is 0 Å². The van der Waals surface area contributed by atoms with Gasteiger partial charge in [0, 0.05) is 34.3 Å². The van der Waals surface area contributed by atoms with Crippen LogP contribution in [0.25, 0.3) is 11.3 Å². The number of thioether (sulfide) groups is 1. The molecule has 6 nitrogen and oxygen atoms in total. The van der Waals surface area contributed by atoms with Crippen LogP contribution in [0.5, 0.6) is 0 Å². The molecule has 148 valence electrons. The zero-order valence-corrected chi connectivity index (χ0v) is 18.5. The summed E-state index contributed by atoms with van der Waals surface area (Å²) < 4.78 is 1.93. The van der Waals surface area contributed by atoms with Crippen molar-refractivity contribution in [3.8, 4) is 11.3 Å². The molecule has 0 fully saturated rings. The highest BCUT2D eigenvalue weighted by Crippen LogP contribution is 2.26. The number of carbonyl (C=O) groups excluding carboxylic acids is 1. The number of carbonyl (C=O) groups is 1. The molecule has 1 N–H and O–H groups in total. The van der Waals surface area contributed by atoms with Gasteiger partial charge in [0.1, 0.15) is 5.82 Å². The summed E-state index contributed by atoms with van der Waals surface area (Å²) in [5.74, 6) is 0.985. The minimum absolute atomic E-state index is 0.130. The number of hydrogen-bond acceptors (Lipinski definition) is 7. The lowest BCUT2D eigenvalue weighted by molar-refractivity contribution is -0.113. The Balaban J connectivity index is 1.33. The maximum atomic E-state index is 12.3. The second kappa shape index (κ2) is 9.08. The molecule has 4 rings (SSSR count). The fraction of sp³-hybridized carbons (Fsp3) is 0.158. The third kappa shape index (κ3) is 5.05. The van der Waals surface area contributed by atoms with E-state index in [1.807, 2.05) is 52.7 Å². The Morgan fingerprint density at radius 1 is 1.21 bits per heavy atom. The highest BCUT2D eigenvalue weighted by Gasteiger charge is 2.13. The fourth-order valence-corrected chi connectivity index (χ4v) is 4.86. The van der Waals surface area contributed by atoms with Crippen LogP contribution in [0.1, 0.15) is 10.7 Å². The van der Waals surface area contributed by atoms with Gasteiger partial charge in [0.05, 0.1) is 11.4 Å². The molecule has 0 radical (unpaired) electrons. The number of thiazole rings is 1. The topological polar surface area (TPSA) is 72.7 Å². The zero-order chi connectivity index (χ0) is 20.2. The third-order valence-corrected chi connectivity index (χ3v) is 6.97. The van der Waals surface area contributed by atoms with Crippen LogP contribution < -0.4 is 5.32 Å². The molecule has 0 saturated heterocycles. The molecule has 10 heteroatoms. The zero-order valence-electron chi connectivity index (χ0n) is 15.3. The molecule has 0 aliphatic heterocycles. The Labute approximate surface area is 185 Å². The Morgan fingerprint density at radius 3 is 2.79 bits per heavy atom. The average Bonchev–Trinajstić information content (AvgIpc) is 3.45. The van der Waals surface area contributed by atoms with Gasteiger partial charge in [0.25, 0.3) is 0 Å². The molecular formula is C19H16ClN5OS3. The molecule has 3 aromatic heterocycles. The van der Waals surface area contributed by atoms with Gasteiger partial charge < -0.3 is 9.88 Å². The van der Waals surface area contributed by atoms with Crippen molar-refractivity contribution in [2.75, 3.05) is 11.1 Å². The van der Waals surface area contributed by atoms with E-state index in [9.17, 15) is 4.79 Å². The summed E-state index contributed by atoms with van der Waals surface area (Å²) in [6.45, 7) is 0. The molecule has 0 aliphatic carbocycles. The number of benzene rings is 1. The first-order valence-corrected chi connectivity index (χ1v) is 11.8. The highest BCUT2D eigenvalue weighted by molar-refractivity contribution is 7.99. The van der Waals surface area contributed by atoms with E-state index >= 15 is 0 Å². The van der Waals surface area contributed by atoms with Crippen molar-refractivity contribution >= 4 is 57.1 Å². The molecule has 3 heterocycles. The minimum Gasteiger partial charge on any atom is -0.309 e. The van der Waals surface area contributed by atoms with Gasteiger partial charge in [-0.15, -0.1) is 32.9 Å². The van der Waals surface area contributed by atoms with Gasteiger partial charge in [0.2, 0.25) is 5.91 Å². The van der Waals surface area contributed by atoms with Crippen LogP contribution in [0.2, 0.25) is 5.02 Å². The molecular weight excluding hydrogens is 446 g/mol. The van der Waals surface area contributed by atoms with Crippen LogP contribution in [0.4, 0.5) is 5.13 Å². The van der Waals surface area contributed by atoms with Gasteiger partial charge in [-0.3, -0.25) is 4.79 Å². The van der Waals surface area contributed by atoms with Crippen molar-refractivity contribution in [1.29, 1.82) is 0 Å². The summed E-state index contributed by atoms with van der Waals surface area (Å²) >= 11 is 10.4. The predicted molar refractivity (Wildman–Crippen MR) is 120 cm³/mol. The smallest absolute Gasteiger partial charge is 0.236 e. The number of nitrogens with one attached hydrogen (secondary N) is 1. The van der Waals surface area contributed by atoms with E-state index in [2.05, 4.69) is 26.6 Å². The molecule has 1 aromatic carbocycles. The largest absolute Gasteiger partial charge is 0.309 e. The summed E-state index contributed by atoms with van der Waals surface area (Å²) in [5, 5.41) is 17.2. The lowest BCUT2D eigenvalue weighted by atomic mass is 10.2. The van der Waals surface area contributed by atoms with Gasteiger partial charge >= 0.3 is 0 Å². The van der Waals surface area contributed by atoms with Gasteiger partial charge in [-0.05, 0) is 23.6 Å². The monoisotopic (exact) mass is 461 g/mol. The fourth-order valence-electron chi connectivity index (χ4n) is 2.56. The van der Waals surface area contributed by atoms with Crippen LogP contribution in [-0.4, -0.2) is 31.4 Å². The molecule has 0 bridgehead atoms. The second-order valence-corrected chi connectivity index (χ2v) is 9.36. The number of nitrogens with zero attached hydrogens (tertiary/aromatic N) is 4. The number of thiophene rings is 1. The maximum Gasteiger partial charge on any atom is 0.236 e. The van der Waals surface area contributed by atoms with Crippen LogP contribution in [0.3, 0.4) is 0 Å². The van der Waals surface area contributed by atoms with Gasteiger partial charge in [-0.2, -0.15) is 0 Å². The predicted octanol–water partition coefficient (Wildman–Crippen LogP) is 4.98. The lowest BCUT2D eigenvalue weighted by Crippen LogP contribution is -2.14. The Hall–Kier alpha value is -2.20. The Morgan fingerprint density at radius 2 is 2.03 bits per heavy atom. The molecule has 1 amide bonds. The van der Waals surface area contributed by atoms with Crippen LogP contribution >= 0.6 is 46.0 Å². The summed E-state index contributed by atoms with van der Waals surface area (Å²) in [6, 6.07) is 11.5. The number of amides is 1. The first kappa shape index (κ1) is 20.1. The summed E-state index contributed by atoms with van der Waals surface area (Å²) in [5.41, 5.74) is 1.76. The van der Waals surface area contributed by atoms with E-state index < -0.39 is 0 Å². The normalized spacial score (nSPS) is 11.0. The summed E-state index contributed by atoms with van der Waals surface area (Å²) in [6.07, 6.45) is 0.737. The van der Waals surface area contributed by atoms with Crippen molar-refractivity contribution in [1.82, 2.24) is 19.7 Å². The van der Waals surface area contributed by atoms with E-state index in [4.69, 9.17) is 11.6 Å². The van der Waals surface area contributed by atoms with Gasteiger partial charge in [-0.25, -0.2) is 4.98 Å². The van der Waals surface area contributed by atoms with Crippen LogP contribution in [0.15, 0.2) is 52.3 Å². The Bertz CT molecular complexity index is 1110. The minimum atomic E-state index is -0.130. The first-order chi connectivity index (χ1) is 14.1. The number of aromatic nitrogens is 4. The SMILES string of the molecule is Cn1c(Cc2cccs2)nnc1SCC(=O)Nc1nc(-c2ccc(Cl)cc2)cs1. The molecule has 0 spiro atoms. The van der Waals surface area contributed by atoms with Crippen molar-refractivity contribution < 1.29 is 4.79 Å². The van der Waals surface area contributed by atoms with E-state index in [1.54, 1.807) is 11.3 Å². The molecule has 4 aromatic rings. The lowest BCUT2D eigenvalue weighted by Gasteiger charge is -2.03. The van der Waals surface area contributed by atoms with Crippen molar-refractivity contribution in [2.45, 2.75) is 11.6 Å². The highest BCUT2D eigenvalue weighted by atomic mass is 35.5. The van der Waals surface area contributed by atoms with Crippen molar-refractivity contribution in [3.05, 3.63) is 62.9 Å². The first-order valence-electron chi connectivity index (χ1n) is 8.63. The van der Waals surface area contributed by atoms with Gasteiger partial charge in [0.15, 0.2) is 10.3 Å². The number of hydrogen-bond donors (Lipinski definition) is 1. The van der Waals surface area contributed by atoms with E-state index in [1.165, 1.54) is 28.0 Å².